The summed E-state index contributed by atoms with van der Waals surface area (Å²) < 4.78 is 5.95. The van der Waals surface area contributed by atoms with Crippen molar-refractivity contribution in [2.45, 2.75) is 6.61 Å². The van der Waals surface area contributed by atoms with E-state index in [1.807, 2.05) is 84.9 Å². The molecule has 178 valence electrons. The van der Waals surface area contributed by atoms with Crippen molar-refractivity contribution in [1.29, 1.82) is 0 Å². The van der Waals surface area contributed by atoms with Crippen LogP contribution < -0.4 is 9.64 Å². The first-order chi connectivity index (χ1) is 17.6. The fourth-order valence-corrected chi connectivity index (χ4v) is 4.79. The van der Waals surface area contributed by atoms with Gasteiger partial charge in [0.2, 0.25) is 0 Å². The first-order valence-corrected chi connectivity index (χ1v) is 12.6. The van der Waals surface area contributed by atoms with Crippen LogP contribution in [0.25, 0.3) is 6.08 Å². The van der Waals surface area contributed by atoms with E-state index in [-0.39, 0.29) is 5.91 Å². The van der Waals surface area contributed by atoms with Crippen LogP contribution in [-0.4, -0.2) is 16.1 Å². The lowest BCUT2D eigenvalue weighted by Crippen LogP contribution is -2.28. The summed E-state index contributed by atoms with van der Waals surface area (Å²) in [6.45, 7) is 0.413. The zero-order valence-corrected chi connectivity index (χ0v) is 21.2. The van der Waals surface area contributed by atoms with Crippen LogP contribution in [0.2, 0.25) is 10.0 Å². The second kappa shape index (κ2) is 11.0. The monoisotopic (exact) mass is 531 g/mol. The molecular formula is C28H19Cl2N3O2S. The van der Waals surface area contributed by atoms with Gasteiger partial charge in [-0.2, -0.15) is 0 Å². The molecule has 0 bridgehead atoms. The SMILES string of the molecule is O=C1/C(=C/c2cccc(OCc3ccc(Cl)cc3)c2)SC(=Nc2ccncc2Cl)N1c1ccccc1. The number of hydrogen-bond acceptors (Lipinski definition) is 5. The number of aromatic nitrogens is 1. The van der Waals surface area contributed by atoms with Crippen LogP contribution in [-0.2, 0) is 11.4 Å². The molecule has 0 saturated carbocycles. The fraction of sp³-hybridized carbons (Fsp3) is 0.0357. The van der Waals surface area contributed by atoms with Crippen molar-refractivity contribution in [3.05, 3.63) is 123 Å². The normalized spacial score (nSPS) is 15.6. The summed E-state index contributed by atoms with van der Waals surface area (Å²) in [6, 6.07) is 26.3. The standard InChI is InChI=1S/C28H19Cl2N3O2S/c29-21-11-9-19(10-12-21)18-35-23-8-4-5-20(15-23)16-26-27(34)33(22-6-2-1-3-7-22)28(36-26)32-25-13-14-31-17-24(25)30/h1-17H,18H2/b26-16-,32-28?. The number of rotatable bonds is 6. The second-order valence-corrected chi connectivity index (χ2v) is 9.65. The summed E-state index contributed by atoms with van der Waals surface area (Å²) in [4.78, 5) is 24.3. The first-order valence-electron chi connectivity index (χ1n) is 11.0. The summed E-state index contributed by atoms with van der Waals surface area (Å²) in [5.74, 6) is 0.537. The van der Waals surface area contributed by atoms with Crippen molar-refractivity contribution in [1.82, 2.24) is 4.98 Å². The molecule has 4 aromatic rings. The molecule has 8 heteroatoms. The Hall–Kier alpha value is -3.58. The summed E-state index contributed by atoms with van der Waals surface area (Å²) in [5.41, 5.74) is 3.12. The zero-order valence-electron chi connectivity index (χ0n) is 18.8. The van der Waals surface area contributed by atoms with Crippen molar-refractivity contribution >= 4 is 63.5 Å². The van der Waals surface area contributed by atoms with E-state index in [0.717, 1.165) is 16.8 Å². The van der Waals surface area contributed by atoms with Gasteiger partial charge in [0, 0.05) is 17.4 Å². The van der Waals surface area contributed by atoms with Gasteiger partial charge in [-0.15, -0.1) is 0 Å². The summed E-state index contributed by atoms with van der Waals surface area (Å²) in [7, 11) is 0. The van der Waals surface area contributed by atoms with Gasteiger partial charge < -0.3 is 4.74 Å². The molecule has 1 aliphatic heterocycles. The highest BCUT2D eigenvalue weighted by atomic mass is 35.5. The number of hydrogen-bond donors (Lipinski definition) is 0. The van der Waals surface area contributed by atoms with E-state index < -0.39 is 0 Å². The molecule has 1 aliphatic rings. The number of carbonyl (C=O) groups excluding carboxylic acids is 1. The van der Waals surface area contributed by atoms with E-state index in [9.17, 15) is 4.79 Å². The number of nitrogens with zero attached hydrogens (tertiary/aromatic N) is 3. The Kier molecular flexibility index (Phi) is 7.37. The molecule has 5 rings (SSSR count). The Morgan fingerprint density at radius 2 is 1.78 bits per heavy atom. The van der Waals surface area contributed by atoms with Gasteiger partial charge in [-0.1, -0.05) is 65.7 Å². The predicted molar refractivity (Wildman–Crippen MR) is 148 cm³/mol. The highest BCUT2D eigenvalue weighted by Crippen LogP contribution is 2.38. The molecule has 1 saturated heterocycles. The number of ether oxygens (including phenoxy) is 1. The van der Waals surface area contributed by atoms with Gasteiger partial charge in [-0.3, -0.25) is 14.7 Å². The lowest BCUT2D eigenvalue weighted by atomic mass is 10.2. The molecule has 1 aromatic heterocycles. The molecule has 0 atom stereocenters. The van der Waals surface area contributed by atoms with Crippen molar-refractivity contribution in [3.63, 3.8) is 0 Å². The second-order valence-electron chi connectivity index (χ2n) is 7.80. The number of amidine groups is 1. The lowest BCUT2D eigenvalue weighted by molar-refractivity contribution is -0.113. The average molecular weight is 532 g/mol. The molecule has 1 fully saturated rings. The first kappa shape index (κ1) is 24.1. The summed E-state index contributed by atoms with van der Waals surface area (Å²) in [5, 5.41) is 1.61. The van der Waals surface area contributed by atoms with E-state index >= 15 is 0 Å². The Labute approximate surface area is 223 Å². The molecular weight excluding hydrogens is 513 g/mol. The van der Waals surface area contributed by atoms with Gasteiger partial charge >= 0.3 is 0 Å². The van der Waals surface area contributed by atoms with Crippen LogP contribution in [0.5, 0.6) is 5.75 Å². The third-order valence-electron chi connectivity index (χ3n) is 5.26. The van der Waals surface area contributed by atoms with E-state index in [4.69, 9.17) is 27.9 Å². The van der Waals surface area contributed by atoms with Crippen molar-refractivity contribution in [2.75, 3.05) is 4.90 Å². The Bertz CT molecular complexity index is 1460. The maximum absolute atomic E-state index is 13.5. The number of carbonyl (C=O) groups is 1. The summed E-state index contributed by atoms with van der Waals surface area (Å²) in [6.07, 6.45) is 4.99. The highest BCUT2D eigenvalue weighted by Gasteiger charge is 2.34. The maximum Gasteiger partial charge on any atom is 0.271 e. The van der Waals surface area contributed by atoms with Gasteiger partial charge in [-0.25, -0.2) is 4.99 Å². The minimum absolute atomic E-state index is 0.164. The Morgan fingerprint density at radius 1 is 0.972 bits per heavy atom. The highest BCUT2D eigenvalue weighted by molar-refractivity contribution is 8.19. The molecule has 1 amide bonds. The van der Waals surface area contributed by atoms with E-state index in [1.54, 1.807) is 17.2 Å². The number of anilines is 1. The van der Waals surface area contributed by atoms with Crippen LogP contribution in [0.3, 0.4) is 0 Å². The minimum Gasteiger partial charge on any atom is -0.489 e. The number of amides is 1. The largest absolute Gasteiger partial charge is 0.489 e. The number of thioether (sulfide) groups is 1. The van der Waals surface area contributed by atoms with Crippen molar-refractivity contribution < 1.29 is 9.53 Å². The smallest absolute Gasteiger partial charge is 0.271 e. The van der Waals surface area contributed by atoms with Crippen LogP contribution in [0.4, 0.5) is 11.4 Å². The van der Waals surface area contributed by atoms with Gasteiger partial charge in [0.1, 0.15) is 12.4 Å². The molecule has 0 N–H and O–H groups in total. The van der Waals surface area contributed by atoms with Crippen LogP contribution in [0.1, 0.15) is 11.1 Å². The predicted octanol–water partition coefficient (Wildman–Crippen LogP) is 7.78. The van der Waals surface area contributed by atoms with Crippen LogP contribution >= 0.6 is 35.0 Å². The fourth-order valence-electron chi connectivity index (χ4n) is 3.51. The molecule has 5 nitrogen and oxygen atoms in total. The topological polar surface area (TPSA) is 54.8 Å². The molecule has 0 aliphatic carbocycles. The number of aliphatic imine (C=N–C) groups is 1. The average Bonchev–Trinajstić information content (AvgIpc) is 3.20. The number of pyridine rings is 1. The van der Waals surface area contributed by atoms with Gasteiger partial charge in [0.15, 0.2) is 5.17 Å². The third kappa shape index (κ3) is 5.62. The quantitative estimate of drug-likeness (QED) is 0.238. The Balaban J connectivity index is 1.43. The molecule has 2 heterocycles. The van der Waals surface area contributed by atoms with E-state index in [0.29, 0.717) is 38.2 Å². The van der Waals surface area contributed by atoms with Crippen LogP contribution in [0, 0.1) is 0 Å². The molecule has 0 unspecified atom stereocenters. The number of halogens is 2. The van der Waals surface area contributed by atoms with Gasteiger partial charge in [0.25, 0.3) is 5.91 Å². The molecule has 0 spiro atoms. The van der Waals surface area contributed by atoms with Crippen molar-refractivity contribution in [3.8, 4) is 5.75 Å². The third-order valence-corrected chi connectivity index (χ3v) is 6.77. The zero-order chi connectivity index (χ0) is 24.9. The lowest BCUT2D eigenvalue weighted by Gasteiger charge is -2.15. The minimum atomic E-state index is -0.164. The van der Waals surface area contributed by atoms with E-state index in [2.05, 4.69) is 9.98 Å². The Morgan fingerprint density at radius 3 is 2.56 bits per heavy atom. The van der Waals surface area contributed by atoms with Crippen LogP contribution in [0.15, 0.2) is 107 Å². The van der Waals surface area contributed by atoms with Gasteiger partial charge in [-0.05, 0) is 71.4 Å². The summed E-state index contributed by atoms with van der Waals surface area (Å²) >= 11 is 13.5. The molecule has 0 radical (unpaired) electrons. The van der Waals surface area contributed by atoms with E-state index in [1.165, 1.54) is 18.0 Å². The number of benzene rings is 3. The number of para-hydroxylation sites is 1. The van der Waals surface area contributed by atoms with Gasteiger partial charge in [0.05, 0.1) is 21.3 Å². The maximum atomic E-state index is 13.5. The van der Waals surface area contributed by atoms with Crippen molar-refractivity contribution in [2.24, 2.45) is 4.99 Å². The molecule has 3 aromatic carbocycles. The molecule has 36 heavy (non-hydrogen) atoms.